The Labute approximate surface area is 105 Å². The monoisotopic (exact) mass is 252 g/mol. The van der Waals surface area contributed by atoms with Crippen LogP contribution in [0.1, 0.15) is 29.6 Å². The van der Waals surface area contributed by atoms with Crippen LogP contribution in [0.5, 0.6) is 0 Å². The van der Waals surface area contributed by atoms with Gasteiger partial charge >= 0.3 is 5.97 Å². The Morgan fingerprint density at radius 1 is 1.50 bits per heavy atom. The molecule has 0 bridgehead atoms. The first-order valence-electron chi connectivity index (χ1n) is 6.00. The Balaban J connectivity index is 2.19. The minimum atomic E-state index is -0.472. The molecule has 1 aromatic rings. The van der Waals surface area contributed by atoms with Crippen molar-refractivity contribution < 1.29 is 13.9 Å². The molecule has 2 atom stereocenters. The number of esters is 1. The number of methoxy groups -OCH3 is 1. The van der Waals surface area contributed by atoms with E-state index in [9.17, 15) is 9.18 Å². The number of carbonyl (C=O) groups is 1. The van der Waals surface area contributed by atoms with Gasteiger partial charge in [0.05, 0.1) is 18.4 Å². The first kappa shape index (κ1) is 12.8. The van der Waals surface area contributed by atoms with Crippen LogP contribution in [0.25, 0.3) is 0 Å². The maximum Gasteiger partial charge on any atom is 0.339 e. The fraction of sp³-hybridized carbons (Fsp3) is 0.462. The van der Waals surface area contributed by atoms with Crippen molar-refractivity contribution in [2.45, 2.75) is 31.3 Å². The Hall–Kier alpha value is -1.62. The summed E-state index contributed by atoms with van der Waals surface area (Å²) in [5, 5.41) is 3.18. The summed E-state index contributed by atoms with van der Waals surface area (Å²) in [7, 11) is 1.31. The van der Waals surface area contributed by atoms with Crippen molar-refractivity contribution in [3.8, 4) is 0 Å². The van der Waals surface area contributed by atoms with Gasteiger partial charge in [0.2, 0.25) is 0 Å². The van der Waals surface area contributed by atoms with Crippen LogP contribution >= 0.6 is 0 Å². The number of nitrogens with one attached hydrogen (secondary N) is 1. The van der Waals surface area contributed by atoms with Crippen molar-refractivity contribution in [3.63, 3.8) is 0 Å². The normalized spacial score (nSPS) is 22.8. The maximum absolute atomic E-state index is 13.2. The maximum atomic E-state index is 13.2. The van der Waals surface area contributed by atoms with Crippen LogP contribution in [-0.4, -0.2) is 25.2 Å². The molecule has 1 aromatic carbocycles. The van der Waals surface area contributed by atoms with Crippen molar-refractivity contribution in [2.24, 2.45) is 5.73 Å². The summed E-state index contributed by atoms with van der Waals surface area (Å²) in [6.07, 6.45) is 2.70. The van der Waals surface area contributed by atoms with E-state index in [-0.39, 0.29) is 17.9 Å². The minimum Gasteiger partial charge on any atom is -0.465 e. The molecule has 3 N–H and O–H groups in total. The van der Waals surface area contributed by atoms with Gasteiger partial charge in [-0.25, -0.2) is 9.18 Å². The first-order valence-corrected chi connectivity index (χ1v) is 6.00. The van der Waals surface area contributed by atoms with Crippen molar-refractivity contribution in [1.82, 2.24) is 0 Å². The average molecular weight is 252 g/mol. The number of carbonyl (C=O) groups excluding carboxylic acids is 1. The van der Waals surface area contributed by atoms with E-state index in [1.807, 2.05) is 0 Å². The van der Waals surface area contributed by atoms with Crippen molar-refractivity contribution >= 4 is 11.7 Å². The topological polar surface area (TPSA) is 64.3 Å². The van der Waals surface area contributed by atoms with Gasteiger partial charge in [0.1, 0.15) is 5.82 Å². The van der Waals surface area contributed by atoms with Gasteiger partial charge in [0.25, 0.3) is 0 Å². The third-order valence-electron chi connectivity index (χ3n) is 3.22. The predicted molar refractivity (Wildman–Crippen MR) is 67.0 cm³/mol. The van der Waals surface area contributed by atoms with Gasteiger partial charge < -0.3 is 15.8 Å². The summed E-state index contributed by atoms with van der Waals surface area (Å²) in [4.78, 5) is 11.6. The average Bonchev–Trinajstić information content (AvgIpc) is 2.74. The molecule has 0 radical (unpaired) electrons. The van der Waals surface area contributed by atoms with Gasteiger partial charge in [-0.15, -0.1) is 0 Å². The molecule has 2 unspecified atom stereocenters. The lowest BCUT2D eigenvalue weighted by molar-refractivity contribution is 0.0601. The summed E-state index contributed by atoms with van der Waals surface area (Å²) in [6.45, 7) is 0. The van der Waals surface area contributed by atoms with Crippen LogP contribution in [0.3, 0.4) is 0 Å². The summed E-state index contributed by atoms with van der Waals surface area (Å²) in [6, 6.07) is 4.36. The first-order chi connectivity index (χ1) is 8.60. The highest BCUT2D eigenvalue weighted by molar-refractivity contribution is 5.95. The van der Waals surface area contributed by atoms with E-state index in [4.69, 9.17) is 5.73 Å². The van der Waals surface area contributed by atoms with Gasteiger partial charge in [0, 0.05) is 12.1 Å². The van der Waals surface area contributed by atoms with E-state index >= 15 is 0 Å². The third kappa shape index (κ3) is 2.79. The Bertz CT molecular complexity index is 451. The minimum absolute atomic E-state index is 0.178. The van der Waals surface area contributed by atoms with Gasteiger partial charge in [0.15, 0.2) is 0 Å². The van der Waals surface area contributed by atoms with Gasteiger partial charge in [-0.1, -0.05) is 0 Å². The van der Waals surface area contributed by atoms with Crippen LogP contribution in [0.15, 0.2) is 18.2 Å². The smallest absolute Gasteiger partial charge is 0.339 e. The SMILES string of the molecule is COC(=O)c1ccc(F)cc1NC1CCC(N)C1. The fourth-order valence-electron chi connectivity index (χ4n) is 2.29. The summed E-state index contributed by atoms with van der Waals surface area (Å²) in [5.41, 5.74) is 6.65. The van der Waals surface area contributed by atoms with Crippen molar-refractivity contribution in [2.75, 3.05) is 12.4 Å². The molecule has 0 heterocycles. The molecule has 1 aliphatic rings. The molecule has 0 spiro atoms. The molecule has 0 aromatic heterocycles. The zero-order chi connectivity index (χ0) is 13.1. The molecule has 1 saturated carbocycles. The van der Waals surface area contributed by atoms with Crippen LogP contribution in [0, 0.1) is 5.82 Å². The van der Waals surface area contributed by atoms with E-state index in [2.05, 4.69) is 10.1 Å². The van der Waals surface area contributed by atoms with Crippen LogP contribution < -0.4 is 11.1 Å². The number of rotatable bonds is 3. The van der Waals surface area contributed by atoms with E-state index in [0.29, 0.717) is 11.3 Å². The van der Waals surface area contributed by atoms with Crippen LogP contribution in [0.2, 0.25) is 0 Å². The molecule has 1 aliphatic carbocycles. The van der Waals surface area contributed by atoms with Crippen molar-refractivity contribution in [3.05, 3.63) is 29.6 Å². The number of hydrogen-bond acceptors (Lipinski definition) is 4. The summed E-state index contributed by atoms with van der Waals surface area (Å²) >= 11 is 0. The van der Waals surface area contributed by atoms with Crippen LogP contribution in [0.4, 0.5) is 10.1 Å². The molecule has 0 amide bonds. The molecule has 0 saturated heterocycles. The third-order valence-corrected chi connectivity index (χ3v) is 3.22. The molecule has 4 nitrogen and oxygen atoms in total. The standard InChI is InChI=1S/C13H17FN2O2/c1-18-13(17)11-5-2-8(14)6-12(11)16-10-4-3-9(15)7-10/h2,5-6,9-10,16H,3-4,7,15H2,1H3. The zero-order valence-corrected chi connectivity index (χ0v) is 10.3. The van der Waals surface area contributed by atoms with Gasteiger partial charge in [-0.05, 0) is 37.5 Å². The largest absolute Gasteiger partial charge is 0.465 e. The molecule has 18 heavy (non-hydrogen) atoms. The highest BCUT2D eigenvalue weighted by Gasteiger charge is 2.23. The molecule has 98 valence electrons. The molecule has 5 heteroatoms. The Morgan fingerprint density at radius 3 is 2.89 bits per heavy atom. The van der Waals surface area contributed by atoms with E-state index in [1.165, 1.54) is 25.3 Å². The zero-order valence-electron chi connectivity index (χ0n) is 10.3. The fourth-order valence-corrected chi connectivity index (χ4v) is 2.29. The second-order valence-corrected chi connectivity index (χ2v) is 4.60. The number of nitrogens with two attached hydrogens (primary N) is 1. The van der Waals surface area contributed by atoms with E-state index < -0.39 is 5.97 Å². The lowest BCUT2D eigenvalue weighted by Gasteiger charge is -2.16. The van der Waals surface area contributed by atoms with Gasteiger partial charge in [-0.2, -0.15) is 0 Å². The molecule has 0 aliphatic heterocycles. The van der Waals surface area contributed by atoms with Gasteiger partial charge in [-0.3, -0.25) is 0 Å². The quantitative estimate of drug-likeness (QED) is 0.806. The highest BCUT2D eigenvalue weighted by atomic mass is 19.1. The second-order valence-electron chi connectivity index (χ2n) is 4.60. The number of hydrogen-bond donors (Lipinski definition) is 2. The Kier molecular flexibility index (Phi) is 3.81. The number of benzene rings is 1. The second kappa shape index (κ2) is 5.35. The molecular formula is C13H17FN2O2. The molecular weight excluding hydrogens is 235 g/mol. The molecule has 1 fully saturated rings. The Morgan fingerprint density at radius 2 is 2.28 bits per heavy atom. The lowest BCUT2D eigenvalue weighted by Crippen LogP contribution is -2.22. The summed E-state index contributed by atoms with van der Waals surface area (Å²) in [5.74, 6) is -0.854. The van der Waals surface area contributed by atoms with Crippen LogP contribution in [-0.2, 0) is 4.74 Å². The predicted octanol–water partition coefficient (Wildman–Crippen LogP) is 1.90. The van der Waals surface area contributed by atoms with Crippen molar-refractivity contribution in [1.29, 1.82) is 0 Å². The molecule has 2 rings (SSSR count). The highest BCUT2D eigenvalue weighted by Crippen LogP contribution is 2.25. The lowest BCUT2D eigenvalue weighted by atomic mass is 10.1. The number of ether oxygens (including phenoxy) is 1. The summed E-state index contributed by atoms with van der Waals surface area (Å²) < 4.78 is 17.9. The number of anilines is 1. The van der Waals surface area contributed by atoms with E-state index in [1.54, 1.807) is 0 Å². The van der Waals surface area contributed by atoms with E-state index in [0.717, 1.165) is 19.3 Å². The number of halogens is 1.